The van der Waals surface area contributed by atoms with Gasteiger partial charge in [-0.1, -0.05) is 6.92 Å². The van der Waals surface area contributed by atoms with Gasteiger partial charge in [-0.05, 0) is 37.8 Å². The average molecular weight is 355 g/mol. The van der Waals surface area contributed by atoms with Crippen molar-refractivity contribution in [3.63, 3.8) is 0 Å². The minimum atomic E-state index is -0.266. The molecule has 0 bridgehead atoms. The maximum absolute atomic E-state index is 12.3. The first-order chi connectivity index (χ1) is 12.6. The number of nitrogens with one attached hydrogen (secondary N) is 2. The van der Waals surface area contributed by atoms with E-state index in [0.717, 1.165) is 49.4 Å². The van der Waals surface area contributed by atoms with Crippen LogP contribution in [0.25, 0.3) is 0 Å². The molecule has 7 nitrogen and oxygen atoms in total. The van der Waals surface area contributed by atoms with Crippen LogP contribution in [-0.2, 0) is 6.42 Å². The van der Waals surface area contributed by atoms with Gasteiger partial charge in [-0.15, -0.1) is 0 Å². The smallest absolute Gasteiger partial charge is 0.267 e. The minimum Gasteiger partial charge on any atom is -0.391 e. The first-order valence-electron chi connectivity index (χ1n) is 9.36. The number of anilines is 1. The van der Waals surface area contributed by atoms with Crippen LogP contribution in [0.5, 0.6) is 0 Å². The number of amides is 1. The molecule has 26 heavy (non-hydrogen) atoms. The lowest BCUT2D eigenvalue weighted by Gasteiger charge is -2.35. The summed E-state index contributed by atoms with van der Waals surface area (Å²) in [4.78, 5) is 26.3. The second kappa shape index (κ2) is 7.07. The second-order valence-electron chi connectivity index (χ2n) is 7.28. The highest BCUT2D eigenvalue weighted by Gasteiger charge is 2.33. The Bertz CT molecular complexity index is 784. The van der Waals surface area contributed by atoms with Gasteiger partial charge in [0.15, 0.2) is 0 Å². The highest BCUT2D eigenvalue weighted by atomic mass is 16.3. The molecule has 1 saturated carbocycles. The fraction of sp³-hybridized carbons (Fsp3) is 0.526. The summed E-state index contributed by atoms with van der Waals surface area (Å²) in [5.41, 5.74) is 2.72. The van der Waals surface area contributed by atoms with Crippen LogP contribution in [0.15, 0.2) is 24.5 Å². The van der Waals surface area contributed by atoms with Gasteiger partial charge in [-0.25, -0.2) is 9.97 Å². The summed E-state index contributed by atoms with van der Waals surface area (Å²) in [5, 5.41) is 12.8. The molecule has 0 unspecified atom stereocenters. The van der Waals surface area contributed by atoms with Gasteiger partial charge in [0.05, 0.1) is 6.10 Å². The molecule has 0 aromatic carbocycles. The Labute approximate surface area is 152 Å². The highest BCUT2D eigenvalue weighted by Crippen LogP contribution is 2.37. The van der Waals surface area contributed by atoms with Crippen LogP contribution in [0.4, 0.5) is 5.82 Å². The van der Waals surface area contributed by atoms with Gasteiger partial charge >= 0.3 is 0 Å². The molecule has 1 saturated heterocycles. The Morgan fingerprint density at radius 1 is 1.38 bits per heavy atom. The zero-order valence-corrected chi connectivity index (χ0v) is 15.0. The number of aliphatic hydroxyl groups is 1. The number of hydrogen-bond acceptors (Lipinski definition) is 5. The molecule has 3 heterocycles. The van der Waals surface area contributed by atoms with Gasteiger partial charge in [0.25, 0.3) is 5.91 Å². The first kappa shape index (κ1) is 17.0. The molecule has 1 atom stereocenters. The Hall–Kier alpha value is -2.41. The van der Waals surface area contributed by atoms with E-state index in [9.17, 15) is 9.90 Å². The number of carbonyl (C=O) groups is 1. The normalized spacial score (nSPS) is 25.2. The van der Waals surface area contributed by atoms with E-state index in [1.807, 2.05) is 18.2 Å². The molecule has 0 radical (unpaired) electrons. The lowest BCUT2D eigenvalue weighted by atomic mass is 9.78. The summed E-state index contributed by atoms with van der Waals surface area (Å²) in [5.74, 6) is 1.20. The molecule has 4 rings (SSSR count). The molecule has 138 valence electrons. The Kier molecular flexibility index (Phi) is 4.63. The number of carbonyl (C=O) groups excluding carboxylic acids is 1. The van der Waals surface area contributed by atoms with E-state index < -0.39 is 0 Å². The number of β-amino-alcohol motifs (C(OH)–C–C–N with tert-alkyl or cyclic N) is 1. The van der Waals surface area contributed by atoms with Gasteiger partial charge in [0, 0.05) is 42.5 Å². The van der Waals surface area contributed by atoms with Crippen LogP contribution in [0.1, 0.15) is 54.0 Å². The van der Waals surface area contributed by atoms with Gasteiger partial charge in [-0.2, -0.15) is 0 Å². The monoisotopic (exact) mass is 355 g/mol. The largest absolute Gasteiger partial charge is 0.391 e. The summed E-state index contributed by atoms with van der Waals surface area (Å²) in [6, 6.07) is 6.01. The van der Waals surface area contributed by atoms with E-state index in [-0.39, 0.29) is 18.1 Å². The number of rotatable bonds is 5. The molecule has 2 fully saturated rings. The summed E-state index contributed by atoms with van der Waals surface area (Å²) >= 11 is 0. The summed E-state index contributed by atoms with van der Waals surface area (Å²) in [6.07, 6.45) is 4.81. The standard InChI is InChI=1S/C19H25N5O2/c1-2-13-3-4-16(22-13)19(26)23-14-7-12(8-14)17-9-18(21-11-20-17)24-6-5-15(25)10-24/h3-4,9,11-12,14-15,22,25H,2,5-8,10H2,1H3,(H,23,26)/t12?,14?,15-/m0/s1. The van der Waals surface area contributed by atoms with E-state index in [1.165, 1.54) is 0 Å². The van der Waals surface area contributed by atoms with E-state index in [2.05, 4.69) is 32.1 Å². The molecule has 7 heteroatoms. The van der Waals surface area contributed by atoms with Crippen molar-refractivity contribution in [1.82, 2.24) is 20.3 Å². The van der Waals surface area contributed by atoms with Crippen molar-refractivity contribution in [2.75, 3.05) is 18.0 Å². The summed E-state index contributed by atoms with van der Waals surface area (Å²) in [6.45, 7) is 3.52. The molecule has 1 aliphatic carbocycles. The van der Waals surface area contributed by atoms with Crippen LogP contribution in [-0.4, -0.2) is 51.2 Å². The van der Waals surface area contributed by atoms with Crippen molar-refractivity contribution in [2.24, 2.45) is 0 Å². The van der Waals surface area contributed by atoms with Crippen molar-refractivity contribution < 1.29 is 9.90 Å². The van der Waals surface area contributed by atoms with E-state index in [1.54, 1.807) is 6.33 Å². The van der Waals surface area contributed by atoms with Gasteiger partial charge in [0.2, 0.25) is 0 Å². The number of hydrogen-bond donors (Lipinski definition) is 3. The van der Waals surface area contributed by atoms with E-state index in [0.29, 0.717) is 18.2 Å². The highest BCUT2D eigenvalue weighted by molar-refractivity contribution is 5.92. The minimum absolute atomic E-state index is 0.0393. The predicted molar refractivity (Wildman–Crippen MR) is 98.3 cm³/mol. The first-order valence-corrected chi connectivity index (χ1v) is 9.36. The van der Waals surface area contributed by atoms with Gasteiger partial charge < -0.3 is 20.3 Å². The topological polar surface area (TPSA) is 94.1 Å². The Morgan fingerprint density at radius 2 is 2.23 bits per heavy atom. The quantitative estimate of drug-likeness (QED) is 0.758. The third-order valence-corrected chi connectivity index (χ3v) is 5.42. The van der Waals surface area contributed by atoms with Crippen molar-refractivity contribution in [3.8, 4) is 0 Å². The van der Waals surface area contributed by atoms with Crippen molar-refractivity contribution in [3.05, 3.63) is 41.6 Å². The van der Waals surface area contributed by atoms with Crippen LogP contribution in [0, 0.1) is 0 Å². The van der Waals surface area contributed by atoms with Crippen molar-refractivity contribution in [2.45, 2.75) is 50.7 Å². The number of aromatic amines is 1. The molecule has 2 aromatic heterocycles. The lowest BCUT2D eigenvalue weighted by molar-refractivity contribution is 0.0903. The molecule has 2 aliphatic rings. The number of aliphatic hydroxyl groups excluding tert-OH is 1. The molecular weight excluding hydrogens is 330 g/mol. The Morgan fingerprint density at radius 3 is 2.92 bits per heavy atom. The number of nitrogens with zero attached hydrogens (tertiary/aromatic N) is 3. The lowest BCUT2D eigenvalue weighted by Crippen LogP contribution is -2.43. The zero-order valence-electron chi connectivity index (χ0n) is 15.0. The molecule has 1 aliphatic heterocycles. The average Bonchev–Trinajstić information content (AvgIpc) is 3.26. The molecule has 2 aromatic rings. The predicted octanol–water partition coefficient (Wildman–Crippen LogP) is 1.61. The fourth-order valence-corrected chi connectivity index (χ4v) is 3.73. The number of aryl methyl sites for hydroxylation is 1. The maximum atomic E-state index is 12.3. The van der Waals surface area contributed by atoms with Crippen LogP contribution in [0.3, 0.4) is 0 Å². The zero-order chi connectivity index (χ0) is 18.1. The fourth-order valence-electron chi connectivity index (χ4n) is 3.73. The van der Waals surface area contributed by atoms with E-state index in [4.69, 9.17) is 0 Å². The molecular formula is C19H25N5O2. The second-order valence-corrected chi connectivity index (χ2v) is 7.28. The van der Waals surface area contributed by atoms with Gasteiger partial charge in [0.1, 0.15) is 17.8 Å². The maximum Gasteiger partial charge on any atom is 0.267 e. The Balaban J connectivity index is 1.32. The van der Waals surface area contributed by atoms with Crippen LogP contribution < -0.4 is 10.2 Å². The third kappa shape index (κ3) is 3.44. The third-order valence-electron chi connectivity index (χ3n) is 5.42. The van der Waals surface area contributed by atoms with Crippen LogP contribution >= 0.6 is 0 Å². The van der Waals surface area contributed by atoms with Crippen LogP contribution in [0.2, 0.25) is 0 Å². The van der Waals surface area contributed by atoms with E-state index >= 15 is 0 Å². The SMILES string of the molecule is CCc1ccc(C(=O)NC2CC(c3cc(N4CC[C@H](O)C4)ncn3)C2)[nH]1. The van der Waals surface area contributed by atoms with Crippen molar-refractivity contribution in [1.29, 1.82) is 0 Å². The summed E-state index contributed by atoms with van der Waals surface area (Å²) < 4.78 is 0. The number of aromatic nitrogens is 3. The molecule has 1 amide bonds. The summed E-state index contributed by atoms with van der Waals surface area (Å²) in [7, 11) is 0. The molecule has 3 N–H and O–H groups in total. The van der Waals surface area contributed by atoms with Crippen molar-refractivity contribution >= 4 is 11.7 Å². The van der Waals surface area contributed by atoms with Gasteiger partial charge in [-0.3, -0.25) is 4.79 Å². The number of H-pyrrole nitrogens is 1. The molecule has 0 spiro atoms.